The Balaban J connectivity index is 1.76. The first-order valence-electron chi connectivity index (χ1n) is 8.79. The molecular formula is C18H23N3O3S2. The predicted molar refractivity (Wildman–Crippen MR) is 103 cm³/mol. The van der Waals surface area contributed by atoms with Crippen molar-refractivity contribution in [3.8, 4) is 0 Å². The number of sulfonamides is 1. The summed E-state index contributed by atoms with van der Waals surface area (Å²) in [5.74, 6) is -0.362. The van der Waals surface area contributed by atoms with Crippen molar-refractivity contribution >= 4 is 32.4 Å². The van der Waals surface area contributed by atoms with Crippen molar-refractivity contribution in [3.63, 3.8) is 0 Å². The summed E-state index contributed by atoms with van der Waals surface area (Å²) >= 11 is 1.42. The molecule has 0 saturated heterocycles. The van der Waals surface area contributed by atoms with Gasteiger partial charge < -0.3 is 0 Å². The van der Waals surface area contributed by atoms with E-state index in [2.05, 4.69) is 15.0 Å². The Bertz CT molecular complexity index is 900. The number of nitrogens with one attached hydrogen (secondary N) is 2. The van der Waals surface area contributed by atoms with Crippen LogP contribution in [0.4, 0.5) is 5.13 Å². The van der Waals surface area contributed by atoms with E-state index in [-0.39, 0.29) is 16.8 Å². The molecule has 1 fully saturated rings. The Morgan fingerprint density at radius 2 is 2.04 bits per heavy atom. The molecule has 0 unspecified atom stereocenters. The third-order valence-corrected chi connectivity index (χ3v) is 6.98. The summed E-state index contributed by atoms with van der Waals surface area (Å²) in [4.78, 5) is 18.1. The molecule has 1 aromatic heterocycles. The van der Waals surface area contributed by atoms with Crippen molar-refractivity contribution in [3.05, 3.63) is 40.4 Å². The molecule has 6 nitrogen and oxygen atoms in total. The Morgan fingerprint density at radius 1 is 1.31 bits per heavy atom. The number of hydrogen-bond acceptors (Lipinski definition) is 5. The van der Waals surface area contributed by atoms with Crippen LogP contribution in [0.5, 0.6) is 0 Å². The SMILES string of the molecule is CCc1nc(NC(=O)c2cccc(S(=O)(=O)NC3CCCC3)c2)sc1C. The van der Waals surface area contributed by atoms with Gasteiger partial charge in [-0.1, -0.05) is 25.8 Å². The standard InChI is InChI=1S/C18H23N3O3S2/c1-3-16-12(2)25-18(19-16)20-17(22)13-7-6-10-15(11-13)26(23,24)21-14-8-4-5-9-14/h6-7,10-11,14,21H,3-5,8-9H2,1-2H3,(H,19,20,22). The largest absolute Gasteiger partial charge is 0.298 e. The van der Waals surface area contributed by atoms with Crippen LogP contribution in [-0.4, -0.2) is 25.4 Å². The van der Waals surface area contributed by atoms with Gasteiger partial charge in [0.15, 0.2) is 5.13 Å². The Morgan fingerprint density at radius 3 is 2.69 bits per heavy atom. The van der Waals surface area contributed by atoms with Crippen molar-refractivity contribution in [1.29, 1.82) is 0 Å². The fourth-order valence-electron chi connectivity index (χ4n) is 3.11. The summed E-state index contributed by atoms with van der Waals surface area (Å²) in [6, 6.07) is 6.10. The van der Waals surface area contributed by atoms with Crippen molar-refractivity contribution in [2.45, 2.75) is 56.9 Å². The summed E-state index contributed by atoms with van der Waals surface area (Å²) in [5, 5.41) is 3.29. The van der Waals surface area contributed by atoms with Crippen LogP contribution in [0.2, 0.25) is 0 Å². The summed E-state index contributed by atoms with van der Waals surface area (Å²) in [6.45, 7) is 3.98. The van der Waals surface area contributed by atoms with Gasteiger partial charge in [-0.05, 0) is 44.4 Å². The summed E-state index contributed by atoms with van der Waals surface area (Å²) < 4.78 is 27.8. The van der Waals surface area contributed by atoms with Gasteiger partial charge in [0.05, 0.1) is 10.6 Å². The minimum atomic E-state index is -3.62. The maximum Gasteiger partial charge on any atom is 0.257 e. The number of nitrogens with zero attached hydrogens (tertiary/aromatic N) is 1. The second-order valence-electron chi connectivity index (χ2n) is 6.46. The lowest BCUT2D eigenvalue weighted by atomic mass is 10.2. The van der Waals surface area contributed by atoms with E-state index >= 15 is 0 Å². The summed E-state index contributed by atoms with van der Waals surface area (Å²) in [6.07, 6.45) is 4.62. The maximum absolute atomic E-state index is 12.6. The van der Waals surface area contributed by atoms with Crippen LogP contribution in [0.15, 0.2) is 29.2 Å². The van der Waals surface area contributed by atoms with Crippen molar-refractivity contribution < 1.29 is 13.2 Å². The Kier molecular flexibility index (Phi) is 5.74. The predicted octanol–water partition coefficient (Wildman–Crippen LogP) is 3.49. The highest BCUT2D eigenvalue weighted by Gasteiger charge is 2.23. The van der Waals surface area contributed by atoms with E-state index in [1.165, 1.54) is 23.5 Å². The molecule has 140 valence electrons. The van der Waals surface area contributed by atoms with Gasteiger partial charge in [0, 0.05) is 16.5 Å². The van der Waals surface area contributed by atoms with E-state index in [1.54, 1.807) is 12.1 Å². The zero-order valence-corrected chi connectivity index (χ0v) is 16.5. The lowest BCUT2D eigenvalue weighted by molar-refractivity contribution is 0.102. The van der Waals surface area contributed by atoms with E-state index in [0.29, 0.717) is 10.7 Å². The molecule has 8 heteroatoms. The number of anilines is 1. The molecule has 1 aliphatic rings. The van der Waals surface area contributed by atoms with Gasteiger partial charge in [-0.25, -0.2) is 18.1 Å². The summed E-state index contributed by atoms with van der Waals surface area (Å²) in [7, 11) is -3.62. The molecule has 0 radical (unpaired) electrons. The Hall–Kier alpha value is -1.77. The van der Waals surface area contributed by atoms with Gasteiger partial charge in [0.2, 0.25) is 10.0 Å². The minimum absolute atomic E-state index is 0.0109. The first kappa shape index (κ1) is 19.0. The quantitative estimate of drug-likeness (QED) is 0.786. The maximum atomic E-state index is 12.6. The molecule has 0 atom stereocenters. The molecular weight excluding hydrogens is 370 g/mol. The zero-order valence-electron chi connectivity index (χ0n) is 14.9. The van der Waals surface area contributed by atoms with E-state index in [9.17, 15) is 13.2 Å². The second-order valence-corrected chi connectivity index (χ2v) is 9.38. The van der Waals surface area contributed by atoms with E-state index < -0.39 is 10.0 Å². The number of aryl methyl sites for hydroxylation is 2. The number of amides is 1. The smallest absolute Gasteiger partial charge is 0.257 e. The first-order chi connectivity index (χ1) is 12.4. The van der Waals surface area contributed by atoms with Gasteiger partial charge >= 0.3 is 0 Å². The molecule has 1 saturated carbocycles. The summed E-state index contributed by atoms with van der Waals surface area (Å²) in [5.41, 5.74) is 1.26. The number of hydrogen-bond donors (Lipinski definition) is 2. The number of benzene rings is 1. The molecule has 26 heavy (non-hydrogen) atoms. The van der Waals surface area contributed by atoms with Gasteiger partial charge in [-0.3, -0.25) is 10.1 Å². The molecule has 1 aliphatic carbocycles. The number of aromatic nitrogens is 1. The lowest BCUT2D eigenvalue weighted by Crippen LogP contribution is -2.32. The average molecular weight is 394 g/mol. The first-order valence-corrected chi connectivity index (χ1v) is 11.1. The number of thiazole rings is 1. The van der Waals surface area contributed by atoms with E-state index in [0.717, 1.165) is 42.7 Å². The number of carbonyl (C=O) groups is 1. The number of carbonyl (C=O) groups excluding carboxylic acids is 1. The van der Waals surface area contributed by atoms with Crippen molar-refractivity contribution in [2.24, 2.45) is 0 Å². The monoisotopic (exact) mass is 393 g/mol. The molecule has 0 aliphatic heterocycles. The van der Waals surface area contributed by atoms with Crippen LogP contribution in [0, 0.1) is 6.92 Å². The lowest BCUT2D eigenvalue weighted by Gasteiger charge is -2.13. The molecule has 1 aromatic carbocycles. The minimum Gasteiger partial charge on any atom is -0.298 e. The van der Waals surface area contributed by atoms with Crippen LogP contribution in [0.25, 0.3) is 0 Å². The van der Waals surface area contributed by atoms with E-state index in [1.807, 2.05) is 13.8 Å². The molecule has 1 heterocycles. The van der Waals surface area contributed by atoms with Gasteiger partial charge in [0.1, 0.15) is 0 Å². The topological polar surface area (TPSA) is 88.2 Å². The number of rotatable bonds is 6. The molecule has 3 rings (SSSR count). The van der Waals surface area contributed by atoms with Crippen molar-refractivity contribution in [1.82, 2.24) is 9.71 Å². The normalized spacial score (nSPS) is 15.3. The van der Waals surface area contributed by atoms with E-state index in [4.69, 9.17) is 0 Å². The van der Waals surface area contributed by atoms with Crippen LogP contribution in [-0.2, 0) is 16.4 Å². The highest BCUT2D eigenvalue weighted by Crippen LogP contribution is 2.24. The van der Waals surface area contributed by atoms with Gasteiger partial charge in [0.25, 0.3) is 5.91 Å². The second kappa shape index (κ2) is 7.85. The van der Waals surface area contributed by atoms with Crippen LogP contribution in [0.1, 0.15) is 53.5 Å². The fourth-order valence-corrected chi connectivity index (χ4v) is 5.36. The molecule has 2 aromatic rings. The van der Waals surface area contributed by atoms with Crippen LogP contribution < -0.4 is 10.0 Å². The third-order valence-electron chi connectivity index (χ3n) is 4.53. The van der Waals surface area contributed by atoms with Gasteiger partial charge in [-0.2, -0.15) is 0 Å². The Labute approximate surface area is 158 Å². The highest BCUT2D eigenvalue weighted by molar-refractivity contribution is 7.89. The van der Waals surface area contributed by atoms with Crippen LogP contribution >= 0.6 is 11.3 Å². The third kappa shape index (κ3) is 4.31. The molecule has 1 amide bonds. The average Bonchev–Trinajstić information content (AvgIpc) is 3.23. The molecule has 0 spiro atoms. The fraction of sp³-hybridized carbons (Fsp3) is 0.444. The van der Waals surface area contributed by atoms with Crippen molar-refractivity contribution in [2.75, 3.05) is 5.32 Å². The highest BCUT2D eigenvalue weighted by atomic mass is 32.2. The zero-order chi connectivity index (χ0) is 18.7. The molecule has 2 N–H and O–H groups in total. The van der Waals surface area contributed by atoms with Crippen LogP contribution in [0.3, 0.4) is 0 Å². The van der Waals surface area contributed by atoms with Gasteiger partial charge in [-0.15, -0.1) is 11.3 Å². The molecule has 0 bridgehead atoms.